The molecule has 5 nitrogen and oxygen atoms in total. The van der Waals surface area contributed by atoms with E-state index < -0.39 is 0 Å². The molecule has 2 heterocycles. The topological polar surface area (TPSA) is 64.3 Å². The van der Waals surface area contributed by atoms with Crippen LogP contribution in [0.4, 0.5) is 11.8 Å². The lowest BCUT2D eigenvalue weighted by molar-refractivity contribution is 0.0852. The summed E-state index contributed by atoms with van der Waals surface area (Å²) in [4.78, 5) is 10.5. The molecular weight excluding hydrogens is 192 g/mol. The number of hydrogen-bond acceptors (Lipinski definition) is 5. The number of rotatable bonds is 2. The van der Waals surface area contributed by atoms with E-state index in [2.05, 4.69) is 14.9 Å². The lowest BCUT2D eigenvalue weighted by Gasteiger charge is -2.31. The van der Waals surface area contributed by atoms with Crippen LogP contribution in [0.25, 0.3) is 0 Å². The standard InChI is InChI=1S/C10H16N4O/c1-14(8-3-6-15-7-4-8)10-12-5-2-9(11)13-10/h2,5,8H,3-4,6-7H2,1H3,(H2,11,12,13). The van der Waals surface area contributed by atoms with Gasteiger partial charge in [0.25, 0.3) is 0 Å². The monoisotopic (exact) mass is 208 g/mol. The van der Waals surface area contributed by atoms with E-state index in [1.165, 1.54) is 0 Å². The van der Waals surface area contributed by atoms with Crippen LogP contribution in [0.15, 0.2) is 12.3 Å². The quantitative estimate of drug-likeness (QED) is 0.774. The third-order valence-corrected chi connectivity index (χ3v) is 2.72. The molecule has 1 aliphatic heterocycles. The number of nitrogens with zero attached hydrogens (tertiary/aromatic N) is 3. The molecule has 0 unspecified atom stereocenters. The Morgan fingerprint density at radius 1 is 1.47 bits per heavy atom. The van der Waals surface area contributed by atoms with Gasteiger partial charge in [0.1, 0.15) is 5.82 Å². The molecule has 0 amide bonds. The number of nitrogen functional groups attached to an aromatic ring is 1. The van der Waals surface area contributed by atoms with Gasteiger partial charge in [-0.3, -0.25) is 0 Å². The van der Waals surface area contributed by atoms with Crippen molar-refractivity contribution in [3.8, 4) is 0 Å². The van der Waals surface area contributed by atoms with E-state index in [1.807, 2.05) is 7.05 Å². The van der Waals surface area contributed by atoms with Crippen molar-refractivity contribution in [2.24, 2.45) is 0 Å². The fourth-order valence-corrected chi connectivity index (χ4v) is 1.77. The summed E-state index contributed by atoms with van der Waals surface area (Å²) in [7, 11) is 2.00. The van der Waals surface area contributed by atoms with Crippen LogP contribution in [0.5, 0.6) is 0 Å². The van der Waals surface area contributed by atoms with Crippen molar-refractivity contribution in [1.29, 1.82) is 0 Å². The van der Waals surface area contributed by atoms with Crippen LogP contribution in [0.1, 0.15) is 12.8 Å². The molecule has 0 aliphatic carbocycles. The predicted molar refractivity (Wildman–Crippen MR) is 58.7 cm³/mol. The first-order valence-corrected chi connectivity index (χ1v) is 5.16. The first-order chi connectivity index (χ1) is 7.27. The van der Waals surface area contributed by atoms with Crippen molar-refractivity contribution in [2.75, 3.05) is 30.9 Å². The van der Waals surface area contributed by atoms with Crippen molar-refractivity contribution >= 4 is 11.8 Å². The van der Waals surface area contributed by atoms with Crippen LogP contribution >= 0.6 is 0 Å². The van der Waals surface area contributed by atoms with Crippen LogP contribution in [-0.2, 0) is 4.74 Å². The molecule has 1 saturated heterocycles. The number of hydrogen-bond donors (Lipinski definition) is 1. The summed E-state index contributed by atoms with van der Waals surface area (Å²) >= 11 is 0. The van der Waals surface area contributed by atoms with E-state index >= 15 is 0 Å². The maximum atomic E-state index is 5.62. The molecule has 0 spiro atoms. The average Bonchev–Trinajstić information content (AvgIpc) is 2.29. The number of ether oxygens (including phenoxy) is 1. The minimum absolute atomic E-state index is 0.459. The van der Waals surface area contributed by atoms with Crippen molar-refractivity contribution in [2.45, 2.75) is 18.9 Å². The zero-order valence-corrected chi connectivity index (χ0v) is 8.89. The summed E-state index contributed by atoms with van der Waals surface area (Å²) in [5, 5.41) is 0. The predicted octanol–water partition coefficient (Wildman–Crippen LogP) is 0.674. The van der Waals surface area contributed by atoms with Crippen molar-refractivity contribution in [1.82, 2.24) is 9.97 Å². The summed E-state index contributed by atoms with van der Waals surface area (Å²) < 4.78 is 5.32. The smallest absolute Gasteiger partial charge is 0.227 e. The summed E-state index contributed by atoms with van der Waals surface area (Å²) in [5.74, 6) is 1.21. The van der Waals surface area contributed by atoms with E-state index in [-0.39, 0.29) is 0 Å². The van der Waals surface area contributed by atoms with Crippen LogP contribution in [-0.4, -0.2) is 36.3 Å². The molecule has 1 aromatic heterocycles. The summed E-state index contributed by atoms with van der Waals surface area (Å²) in [6.07, 6.45) is 3.73. The van der Waals surface area contributed by atoms with Crippen LogP contribution < -0.4 is 10.6 Å². The maximum Gasteiger partial charge on any atom is 0.227 e. The zero-order chi connectivity index (χ0) is 10.7. The van der Waals surface area contributed by atoms with E-state index in [4.69, 9.17) is 10.5 Å². The van der Waals surface area contributed by atoms with Gasteiger partial charge in [0.15, 0.2) is 0 Å². The number of anilines is 2. The van der Waals surface area contributed by atoms with Gasteiger partial charge >= 0.3 is 0 Å². The van der Waals surface area contributed by atoms with Gasteiger partial charge in [0.2, 0.25) is 5.95 Å². The highest BCUT2D eigenvalue weighted by Crippen LogP contribution is 2.17. The first-order valence-electron chi connectivity index (χ1n) is 5.16. The van der Waals surface area contributed by atoms with Gasteiger partial charge in [-0.1, -0.05) is 0 Å². The molecule has 0 bridgehead atoms. The molecule has 0 saturated carbocycles. The second-order valence-electron chi connectivity index (χ2n) is 3.74. The lowest BCUT2D eigenvalue weighted by Crippen LogP contribution is -2.37. The van der Waals surface area contributed by atoms with Gasteiger partial charge in [-0.15, -0.1) is 0 Å². The molecule has 0 atom stereocenters. The van der Waals surface area contributed by atoms with Gasteiger partial charge in [0.05, 0.1) is 0 Å². The molecule has 0 aromatic carbocycles. The molecule has 1 aromatic rings. The largest absolute Gasteiger partial charge is 0.384 e. The number of nitrogens with two attached hydrogens (primary N) is 1. The summed E-state index contributed by atoms with van der Waals surface area (Å²) in [6.45, 7) is 1.63. The van der Waals surface area contributed by atoms with E-state index in [0.29, 0.717) is 17.8 Å². The van der Waals surface area contributed by atoms with Crippen molar-refractivity contribution in [3.05, 3.63) is 12.3 Å². The van der Waals surface area contributed by atoms with E-state index in [1.54, 1.807) is 12.3 Å². The highest BCUT2D eigenvalue weighted by molar-refractivity contribution is 5.37. The Kier molecular flexibility index (Phi) is 3.01. The molecule has 1 fully saturated rings. The normalized spacial score (nSPS) is 17.7. The van der Waals surface area contributed by atoms with E-state index in [9.17, 15) is 0 Å². The molecule has 0 radical (unpaired) electrons. The second-order valence-corrected chi connectivity index (χ2v) is 3.74. The van der Waals surface area contributed by atoms with Gasteiger partial charge in [0, 0.05) is 32.5 Å². The van der Waals surface area contributed by atoms with Crippen LogP contribution in [0.3, 0.4) is 0 Å². The molecule has 15 heavy (non-hydrogen) atoms. The Balaban J connectivity index is 2.08. The minimum Gasteiger partial charge on any atom is -0.384 e. The fraction of sp³-hybridized carbons (Fsp3) is 0.600. The van der Waals surface area contributed by atoms with Gasteiger partial charge < -0.3 is 15.4 Å². The van der Waals surface area contributed by atoms with Gasteiger partial charge in [-0.05, 0) is 18.9 Å². The third-order valence-electron chi connectivity index (χ3n) is 2.72. The Morgan fingerprint density at radius 2 is 2.20 bits per heavy atom. The molecule has 82 valence electrons. The third kappa shape index (κ3) is 2.36. The van der Waals surface area contributed by atoms with Crippen molar-refractivity contribution < 1.29 is 4.74 Å². The summed E-state index contributed by atoms with van der Waals surface area (Å²) in [5.41, 5.74) is 5.62. The molecule has 5 heteroatoms. The van der Waals surface area contributed by atoms with Crippen LogP contribution in [0, 0.1) is 0 Å². The Morgan fingerprint density at radius 3 is 2.87 bits per heavy atom. The second kappa shape index (κ2) is 4.44. The molecule has 2 rings (SSSR count). The highest BCUT2D eigenvalue weighted by Gasteiger charge is 2.20. The van der Waals surface area contributed by atoms with E-state index in [0.717, 1.165) is 26.1 Å². The zero-order valence-electron chi connectivity index (χ0n) is 8.89. The molecule has 2 N–H and O–H groups in total. The first kappa shape index (κ1) is 10.2. The van der Waals surface area contributed by atoms with Crippen LogP contribution in [0.2, 0.25) is 0 Å². The van der Waals surface area contributed by atoms with Gasteiger partial charge in [-0.2, -0.15) is 4.98 Å². The molecule has 1 aliphatic rings. The SMILES string of the molecule is CN(c1nccc(N)n1)C1CCOCC1. The highest BCUT2D eigenvalue weighted by atomic mass is 16.5. The Labute approximate surface area is 89.3 Å². The lowest BCUT2D eigenvalue weighted by atomic mass is 10.1. The maximum absolute atomic E-state index is 5.62. The fourth-order valence-electron chi connectivity index (χ4n) is 1.77. The average molecular weight is 208 g/mol. The summed E-state index contributed by atoms with van der Waals surface area (Å²) in [6, 6.07) is 2.15. The van der Waals surface area contributed by atoms with Crippen molar-refractivity contribution in [3.63, 3.8) is 0 Å². The number of aromatic nitrogens is 2. The Bertz CT molecular complexity index is 325. The molecular formula is C10H16N4O. The Hall–Kier alpha value is -1.36. The minimum atomic E-state index is 0.459. The van der Waals surface area contributed by atoms with Gasteiger partial charge in [-0.25, -0.2) is 4.98 Å².